The number of halogens is 1. The topological polar surface area (TPSA) is 70.6 Å². The molecule has 0 unspecified atom stereocenters. The van der Waals surface area contributed by atoms with Crippen molar-refractivity contribution < 1.29 is 19.0 Å². The van der Waals surface area contributed by atoms with Crippen molar-refractivity contribution in [2.24, 2.45) is 0 Å². The highest BCUT2D eigenvalue weighted by atomic mass is 19.1. The van der Waals surface area contributed by atoms with Crippen LogP contribution >= 0.6 is 0 Å². The van der Waals surface area contributed by atoms with Crippen molar-refractivity contribution >= 4 is 5.91 Å². The first kappa shape index (κ1) is 25.9. The molecular weight excluding hydrogens is 455 g/mol. The first-order valence-electron chi connectivity index (χ1n) is 12.6. The number of benzene rings is 3. The molecule has 1 heterocycles. The minimum atomic E-state index is -0.898. The Bertz CT molecular complexity index is 1180. The van der Waals surface area contributed by atoms with Crippen LogP contribution in [0.1, 0.15) is 60.3 Å². The maximum absolute atomic E-state index is 14.2. The van der Waals surface area contributed by atoms with Crippen LogP contribution < -0.4 is 15.4 Å². The molecule has 0 bridgehead atoms. The molecule has 6 heteroatoms. The van der Waals surface area contributed by atoms with Crippen molar-refractivity contribution in [3.8, 4) is 5.75 Å². The summed E-state index contributed by atoms with van der Waals surface area (Å²) >= 11 is 0. The first-order valence-corrected chi connectivity index (χ1v) is 12.6. The number of aryl methyl sites for hydroxylation is 1. The maximum Gasteiger partial charge on any atom is 0.254 e. The SMILES string of the molecule is CCc1ccc2c(c1)[C@@H](NC[C@H](O)[C@H](Cc1ccccc1)NC(=O)c1ccccc1F)CC(C)(C)O2. The fourth-order valence-corrected chi connectivity index (χ4v) is 4.75. The Labute approximate surface area is 212 Å². The molecule has 5 nitrogen and oxygen atoms in total. The van der Waals surface area contributed by atoms with Gasteiger partial charge < -0.3 is 20.5 Å². The fraction of sp³-hybridized carbons (Fsp3) is 0.367. The van der Waals surface area contributed by atoms with Gasteiger partial charge in [0.05, 0.1) is 17.7 Å². The molecule has 1 amide bonds. The summed E-state index contributed by atoms with van der Waals surface area (Å²) in [5, 5.41) is 17.6. The molecule has 190 valence electrons. The van der Waals surface area contributed by atoms with Gasteiger partial charge in [-0.05, 0) is 56.0 Å². The van der Waals surface area contributed by atoms with Gasteiger partial charge in [-0.3, -0.25) is 4.79 Å². The molecule has 0 radical (unpaired) electrons. The molecule has 4 rings (SSSR count). The molecule has 0 saturated carbocycles. The largest absolute Gasteiger partial charge is 0.487 e. The van der Waals surface area contributed by atoms with Crippen LogP contribution in [0.5, 0.6) is 5.75 Å². The van der Waals surface area contributed by atoms with E-state index in [1.165, 1.54) is 17.7 Å². The lowest BCUT2D eigenvalue weighted by molar-refractivity contribution is 0.0582. The molecule has 3 N–H and O–H groups in total. The third-order valence-corrected chi connectivity index (χ3v) is 6.71. The molecule has 3 aromatic carbocycles. The smallest absolute Gasteiger partial charge is 0.254 e. The summed E-state index contributed by atoms with van der Waals surface area (Å²) in [5.41, 5.74) is 2.88. The lowest BCUT2D eigenvalue weighted by Crippen LogP contribution is -2.50. The van der Waals surface area contributed by atoms with Gasteiger partial charge in [0.2, 0.25) is 0 Å². The molecule has 3 aromatic rings. The molecule has 36 heavy (non-hydrogen) atoms. The Morgan fingerprint density at radius 3 is 2.53 bits per heavy atom. The maximum atomic E-state index is 14.2. The van der Waals surface area contributed by atoms with Gasteiger partial charge in [-0.2, -0.15) is 0 Å². The Hall–Kier alpha value is -3.22. The number of aliphatic hydroxyl groups excluding tert-OH is 1. The van der Waals surface area contributed by atoms with Gasteiger partial charge in [0.25, 0.3) is 5.91 Å². The zero-order valence-corrected chi connectivity index (χ0v) is 21.1. The molecule has 0 spiro atoms. The quantitative estimate of drug-likeness (QED) is 0.396. The van der Waals surface area contributed by atoms with Gasteiger partial charge in [-0.25, -0.2) is 4.39 Å². The number of amides is 1. The molecule has 0 fully saturated rings. The van der Waals surface area contributed by atoms with Gasteiger partial charge in [-0.1, -0.05) is 61.5 Å². The fourth-order valence-electron chi connectivity index (χ4n) is 4.75. The summed E-state index contributed by atoms with van der Waals surface area (Å²) in [4.78, 5) is 12.9. The van der Waals surface area contributed by atoms with Crippen LogP contribution in [0.25, 0.3) is 0 Å². The molecular formula is C30H35FN2O3. The van der Waals surface area contributed by atoms with E-state index < -0.39 is 23.9 Å². The zero-order valence-electron chi connectivity index (χ0n) is 21.1. The third-order valence-electron chi connectivity index (χ3n) is 6.71. The van der Waals surface area contributed by atoms with Crippen molar-refractivity contribution in [2.75, 3.05) is 6.54 Å². The van der Waals surface area contributed by atoms with E-state index in [4.69, 9.17) is 4.74 Å². The Morgan fingerprint density at radius 2 is 1.81 bits per heavy atom. The zero-order chi connectivity index (χ0) is 25.7. The van der Waals surface area contributed by atoms with Crippen LogP contribution in [0.3, 0.4) is 0 Å². The molecule has 0 aromatic heterocycles. The monoisotopic (exact) mass is 490 g/mol. The highest BCUT2D eigenvalue weighted by Gasteiger charge is 2.34. The van der Waals surface area contributed by atoms with Crippen LogP contribution in [0.2, 0.25) is 0 Å². The number of ether oxygens (including phenoxy) is 1. The van der Waals surface area contributed by atoms with E-state index in [0.717, 1.165) is 29.7 Å². The van der Waals surface area contributed by atoms with E-state index in [1.807, 2.05) is 36.4 Å². The minimum absolute atomic E-state index is 0.00968. The standard InChI is InChI=1S/C30H35FN2O3/c1-4-20-14-15-28-23(16-20)26(18-30(2,3)36-28)32-19-27(34)25(17-21-10-6-5-7-11-21)33-29(35)22-12-8-9-13-24(22)31/h5-16,25-27,32,34H,4,17-19H2,1-3H3,(H,33,35)/t25-,26-,27-/m0/s1. The van der Waals surface area contributed by atoms with Gasteiger partial charge in [0, 0.05) is 24.6 Å². The molecule has 3 atom stereocenters. The lowest BCUT2D eigenvalue weighted by atomic mass is 9.88. The summed E-state index contributed by atoms with van der Waals surface area (Å²) in [6.45, 7) is 6.49. The normalized spacial score (nSPS) is 18.0. The van der Waals surface area contributed by atoms with Crippen LogP contribution in [0.4, 0.5) is 4.39 Å². The van der Waals surface area contributed by atoms with Crippen LogP contribution in [-0.2, 0) is 12.8 Å². The van der Waals surface area contributed by atoms with Crippen LogP contribution in [0, 0.1) is 5.82 Å². The van der Waals surface area contributed by atoms with Crippen LogP contribution in [-0.4, -0.2) is 35.3 Å². The van der Waals surface area contributed by atoms with Crippen molar-refractivity contribution in [3.05, 3.63) is 101 Å². The van der Waals surface area contributed by atoms with Gasteiger partial charge in [0.15, 0.2) is 0 Å². The van der Waals surface area contributed by atoms with E-state index in [1.54, 1.807) is 12.1 Å². The predicted molar refractivity (Wildman–Crippen MR) is 140 cm³/mol. The van der Waals surface area contributed by atoms with Gasteiger partial charge in [-0.15, -0.1) is 0 Å². The number of nitrogens with one attached hydrogen (secondary N) is 2. The second-order valence-corrected chi connectivity index (χ2v) is 10.1. The summed E-state index contributed by atoms with van der Waals surface area (Å²) in [7, 11) is 0. The predicted octanol–water partition coefficient (Wildman–Crippen LogP) is 4.98. The molecule has 1 aliphatic rings. The second kappa shape index (κ2) is 11.2. The number of rotatable bonds is 9. The van der Waals surface area contributed by atoms with Crippen LogP contribution in [0.15, 0.2) is 72.8 Å². The summed E-state index contributed by atoms with van der Waals surface area (Å²) in [6.07, 6.45) is 1.18. The van der Waals surface area contributed by atoms with Gasteiger partial charge >= 0.3 is 0 Å². The van der Waals surface area contributed by atoms with Crippen molar-refractivity contribution in [1.29, 1.82) is 0 Å². The summed E-state index contributed by atoms with van der Waals surface area (Å²) < 4.78 is 20.4. The highest BCUT2D eigenvalue weighted by Crippen LogP contribution is 2.40. The average molecular weight is 491 g/mol. The van der Waals surface area contributed by atoms with Gasteiger partial charge in [0.1, 0.15) is 17.2 Å². The summed E-state index contributed by atoms with van der Waals surface area (Å²) in [6, 6.07) is 21.2. The first-order chi connectivity index (χ1) is 17.3. The van der Waals surface area contributed by atoms with Crippen molar-refractivity contribution in [2.45, 2.75) is 63.8 Å². The Balaban J connectivity index is 1.52. The molecule has 0 aliphatic carbocycles. The lowest BCUT2D eigenvalue weighted by Gasteiger charge is -2.39. The Kier molecular flexibility index (Phi) is 8.07. The van der Waals surface area contributed by atoms with E-state index >= 15 is 0 Å². The number of fused-ring (bicyclic) bond motifs is 1. The van der Waals surface area contributed by atoms with Crippen molar-refractivity contribution in [3.63, 3.8) is 0 Å². The number of carbonyl (C=O) groups is 1. The number of aliphatic hydroxyl groups is 1. The van der Waals surface area contributed by atoms with E-state index in [0.29, 0.717) is 6.42 Å². The number of hydrogen-bond donors (Lipinski definition) is 3. The second-order valence-electron chi connectivity index (χ2n) is 10.1. The number of hydrogen-bond acceptors (Lipinski definition) is 4. The Morgan fingerprint density at radius 1 is 1.08 bits per heavy atom. The molecule has 0 saturated heterocycles. The number of carbonyl (C=O) groups excluding carboxylic acids is 1. The molecule has 1 aliphatic heterocycles. The third kappa shape index (κ3) is 6.31. The van der Waals surface area contributed by atoms with E-state index in [9.17, 15) is 14.3 Å². The van der Waals surface area contributed by atoms with E-state index in [2.05, 4.69) is 43.5 Å². The minimum Gasteiger partial charge on any atom is -0.487 e. The van der Waals surface area contributed by atoms with E-state index in [-0.39, 0.29) is 23.8 Å². The highest BCUT2D eigenvalue weighted by molar-refractivity contribution is 5.94. The average Bonchev–Trinajstić information content (AvgIpc) is 2.86. The summed E-state index contributed by atoms with van der Waals surface area (Å²) in [5.74, 6) is -0.281. The van der Waals surface area contributed by atoms with Crippen molar-refractivity contribution in [1.82, 2.24) is 10.6 Å².